The molecule has 1 unspecified atom stereocenters. The molecule has 120 valence electrons. The molecule has 1 heterocycles. The van der Waals surface area contributed by atoms with Gasteiger partial charge in [-0.15, -0.1) is 12.4 Å². The third-order valence-corrected chi connectivity index (χ3v) is 3.83. The van der Waals surface area contributed by atoms with Gasteiger partial charge < -0.3 is 15.0 Å². The molecule has 1 fully saturated rings. The minimum atomic E-state index is -0.292. The second-order valence-corrected chi connectivity index (χ2v) is 6.02. The number of ether oxygens (including phenoxy) is 1. The van der Waals surface area contributed by atoms with E-state index in [1.165, 1.54) is 0 Å². The predicted molar refractivity (Wildman–Crippen MR) is 85.3 cm³/mol. The fraction of sp³-hybridized carbons (Fsp3) is 0.933. The molecule has 1 saturated heterocycles. The van der Waals surface area contributed by atoms with Crippen LogP contribution in [0.5, 0.6) is 0 Å². The van der Waals surface area contributed by atoms with Crippen LogP contribution >= 0.6 is 12.4 Å². The van der Waals surface area contributed by atoms with Gasteiger partial charge in [0.1, 0.15) is 6.10 Å². The van der Waals surface area contributed by atoms with Gasteiger partial charge in [0.15, 0.2) is 0 Å². The van der Waals surface area contributed by atoms with Gasteiger partial charge in [0.2, 0.25) is 0 Å². The van der Waals surface area contributed by atoms with Crippen LogP contribution in [0.3, 0.4) is 0 Å². The minimum Gasteiger partial charge on any atom is -0.369 e. The molecule has 1 rings (SSSR count). The summed E-state index contributed by atoms with van der Waals surface area (Å²) in [6.45, 7) is 9.71. The second-order valence-electron chi connectivity index (χ2n) is 6.02. The average Bonchev–Trinajstić information content (AvgIpc) is 2.38. The Morgan fingerprint density at radius 2 is 1.90 bits per heavy atom. The maximum absolute atomic E-state index is 12.2. The van der Waals surface area contributed by atoms with Gasteiger partial charge in [-0.1, -0.05) is 13.8 Å². The van der Waals surface area contributed by atoms with Crippen molar-refractivity contribution in [2.24, 2.45) is 11.8 Å². The van der Waals surface area contributed by atoms with E-state index in [1.807, 2.05) is 18.9 Å². The Balaban J connectivity index is 0.00000361. The molecule has 0 saturated carbocycles. The Kier molecular flexibility index (Phi) is 10.2. The highest BCUT2D eigenvalue weighted by atomic mass is 35.5. The molecule has 0 aromatic rings. The molecule has 4 nitrogen and oxygen atoms in total. The lowest BCUT2D eigenvalue weighted by Crippen LogP contribution is -2.45. The number of halogens is 1. The molecular formula is C15H31ClN2O2. The normalized spacial score (nSPS) is 17.9. The van der Waals surface area contributed by atoms with Crippen molar-refractivity contribution in [1.29, 1.82) is 0 Å². The zero-order chi connectivity index (χ0) is 14.3. The van der Waals surface area contributed by atoms with E-state index < -0.39 is 0 Å². The zero-order valence-electron chi connectivity index (χ0n) is 13.4. The van der Waals surface area contributed by atoms with Crippen molar-refractivity contribution < 1.29 is 9.53 Å². The van der Waals surface area contributed by atoms with E-state index in [0.29, 0.717) is 18.4 Å². The number of hydrogen-bond donors (Lipinski definition) is 1. The summed E-state index contributed by atoms with van der Waals surface area (Å²) >= 11 is 0. The minimum absolute atomic E-state index is 0. The van der Waals surface area contributed by atoms with Gasteiger partial charge in [-0.3, -0.25) is 4.79 Å². The molecule has 0 bridgehead atoms. The van der Waals surface area contributed by atoms with E-state index in [-0.39, 0.29) is 24.4 Å². The van der Waals surface area contributed by atoms with Gasteiger partial charge >= 0.3 is 0 Å². The Morgan fingerprint density at radius 3 is 2.40 bits per heavy atom. The number of rotatable bonds is 7. The van der Waals surface area contributed by atoms with E-state index in [1.54, 1.807) is 0 Å². The first-order valence-corrected chi connectivity index (χ1v) is 7.59. The second kappa shape index (κ2) is 10.4. The highest BCUT2D eigenvalue weighted by Crippen LogP contribution is 2.17. The van der Waals surface area contributed by atoms with Crippen molar-refractivity contribution in [3.63, 3.8) is 0 Å². The summed E-state index contributed by atoms with van der Waals surface area (Å²) < 4.78 is 5.64. The van der Waals surface area contributed by atoms with Gasteiger partial charge in [-0.25, -0.2) is 0 Å². The fourth-order valence-electron chi connectivity index (χ4n) is 2.46. The molecular weight excluding hydrogens is 276 g/mol. The summed E-state index contributed by atoms with van der Waals surface area (Å²) in [4.78, 5) is 14.2. The standard InChI is InChI=1S/C15H30N2O2.ClH/c1-12(2)7-10-19-13(3)15(18)17-8-5-14(6-9-17)11-16-4;/h12-14,16H,5-11H2,1-4H3;1H. The maximum Gasteiger partial charge on any atom is 0.251 e. The van der Waals surface area contributed by atoms with Crippen LogP contribution in [0.25, 0.3) is 0 Å². The maximum atomic E-state index is 12.2. The van der Waals surface area contributed by atoms with Crippen molar-refractivity contribution in [3.8, 4) is 0 Å². The number of amides is 1. The lowest BCUT2D eigenvalue weighted by molar-refractivity contribution is -0.144. The molecule has 0 aliphatic carbocycles. The number of carbonyl (C=O) groups excluding carboxylic acids is 1. The molecule has 0 spiro atoms. The zero-order valence-corrected chi connectivity index (χ0v) is 14.2. The smallest absolute Gasteiger partial charge is 0.251 e. The number of nitrogens with zero attached hydrogens (tertiary/aromatic N) is 1. The van der Waals surface area contributed by atoms with Crippen LogP contribution in [0.1, 0.15) is 40.0 Å². The molecule has 1 aliphatic rings. The van der Waals surface area contributed by atoms with Crippen molar-refractivity contribution in [1.82, 2.24) is 10.2 Å². The topological polar surface area (TPSA) is 41.6 Å². The summed E-state index contributed by atoms with van der Waals surface area (Å²) in [5, 5.41) is 3.21. The first kappa shape index (κ1) is 19.7. The third-order valence-electron chi connectivity index (χ3n) is 3.83. The number of piperidine rings is 1. The van der Waals surface area contributed by atoms with E-state index in [9.17, 15) is 4.79 Å². The monoisotopic (exact) mass is 306 g/mol. The molecule has 0 radical (unpaired) electrons. The first-order chi connectivity index (χ1) is 9.04. The van der Waals surface area contributed by atoms with Gasteiger partial charge in [-0.05, 0) is 51.6 Å². The molecule has 1 atom stereocenters. The third kappa shape index (κ3) is 6.91. The largest absolute Gasteiger partial charge is 0.369 e. The number of nitrogens with one attached hydrogen (secondary N) is 1. The summed E-state index contributed by atoms with van der Waals surface area (Å²) in [6.07, 6.45) is 2.93. The number of hydrogen-bond acceptors (Lipinski definition) is 3. The van der Waals surface area contributed by atoms with Crippen molar-refractivity contribution in [2.45, 2.75) is 46.1 Å². The van der Waals surface area contributed by atoms with Crippen LogP contribution in [0.2, 0.25) is 0 Å². The van der Waals surface area contributed by atoms with Crippen LogP contribution in [-0.4, -0.2) is 50.2 Å². The molecule has 1 amide bonds. The van der Waals surface area contributed by atoms with E-state index in [0.717, 1.165) is 38.9 Å². The lowest BCUT2D eigenvalue weighted by atomic mass is 9.96. The quantitative estimate of drug-likeness (QED) is 0.785. The number of likely N-dealkylation sites (tertiary alicyclic amines) is 1. The Labute approximate surface area is 130 Å². The lowest BCUT2D eigenvalue weighted by Gasteiger charge is -2.33. The van der Waals surface area contributed by atoms with Gasteiger partial charge in [0.05, 0.1) is 0 Å². The summed E-state index contributed by atoms with van der Waals surface area (Å²) in [6, 6.07) is 0. The van der Waals surface area contributed by atoms with Gasteiger partial charge in [-0.2, -0.15) is 0 Å². The van der Waals surface area contributed by atoms with Crippen molar-refractivity contribution in [2.75, 3.05) is 33.3 Å². The Morgan fingerprint density at radius 1 is 1.30 bits per heavy atom. The fourth-order valence-corrected chi connectivity index (χ4v) is 2.46. The van der Waals surface area contributed by atoms with Gasteiger partial charge in [0, 0.05) is 19.7 Å². The summed E-state index contributed by atoms with van der Waals surface area (Å²) in [7, 11) is 1.99. The number of carbonyl (C=O) groups is 1. The van der Waals surface area contributed by atoms with Crippen LogP contribution in [0.4, 0.5) is 0 Å². The Bertz CT molecular complexity index is 267. The molecule has 1 aliphatic heterocycles. The van der Waals surface area contributed by atoms with Crippen LogP contribution in [0.15, 0.2) is 0 Å². The Hall–Kier alpha value is -0.320. The van der Waals surface area contributed by atoms with Crippen LogP contribution in [-0.2, 0) is 9.53 Å². The molecule has 5 heteroatoms. The first-order valence-electron chi connectivity index (χ1n) is 7.59. The van der Waals surface area contributed by atoms with Crippen LogP contribution in [0, 0.1) is 11.8 Å². The molecule has 0 aromatic carbocycles. The average molecular weight is 307 g/mol. The highest BCUT2D eigenvalue weighted by molar-refractivity contribution is 5.85. The van der Waals surface area contributed by atoms with Gasteiger partial charge in [0.25, 0.3) is 5.91 Å². The van der Waals surface area contributed by atoms with Crippen molar-refractivity contribution in [3.05, 3.63) is 0 Å². The summed E-state index contributed by atoms with van der Waals surface area (Å²) in [5.41, 5.74) is 0. The van der Waals surface area contributed by atoms with E-state index in [4.69, 9.17) is 4.74 Å². The van der Waals surface area contributed by atoms with E-state index >= 15 is 0 Å². The molecule has 1 N–H and O–H groups in total. The SMILES string of the molecule is CNCC1CCN(C(=O)C(C)OCCC(C)C)CC1.Cl. The van der Waals surface area contributed by atoms with Crippen molar-refractivity contribution >= 4 is 18.3 Å². The van der Waals surface area contributed by atoms with E-state index in [2.05, 4.69) is 19.2 Å². The molecule has 20 heavy (non-hydrogen) atoms. The van der Waals surface area contributed by atoms with Crippen LogP contribution < -0.4 is 5.32 Å². The summed E-state index contributed by atoms with van der Waals surface area (Å²) in [5.74, 6) is 1.50. The molecule has 0 aromatic heterocycles. The highest BCUT2D eigenvalue weighted by Gasteiger charge is 2.25. The predicted octanol–water partition coefficient (Wildman–Crippen LogP) is 2.32.